The Morgan fingerprint density at radius 1 is 1.44 bits per heavy atom. The number of ketones is 1. The van der Waals surface area contributed by atoms with E-state index >= 15 is 0 Å². The Morgan fingerprint density at radius 3 is 2.94 bits per heavy atom. The highest BCUT2D eigenvalue weighted by Crippen LogP contribution is 2.20. The van der Waals surface area contributed by atoms with Crippen molar-refractivity contribution < 1.29 is 9.53 Å². The molecule has 0 amide bonds. The maximum atomic E-state index is 11.2. The van der Waals surface area contributed by atoms with Crippen LogP contribution >= 0.6 is 11.8 Å². The molecule has 0 saturated heterocycles. The molecular weight excluding hydrogens is 220 g/mol. The molecule has 0 saturated carbocycles. The van der Waals surface area contributed by atoms with E-state index in [1.54, 1.807) is 18.7 Å². The van der Waals surface area contributed by atoms with Crippen molar-refractivity contribution in [3.05, 3.63) is 29.8 Å². The summed E-state index contributed by atoms with van der Waals surface area (Å²) in [5, 5.41) is 0. The topological polar surface area (TPSA) is 26.3 Å². The molecule has 0 atom stereocenters. The first kappa shape index (κ1) is 13.3. The first-order valence-electron chi connectivity index (χ1n) is 5.55. The summed E-state index contributed by atoms with van der Waals surface area (Å²) in [6, 6.07) is 7.78. The zero-order valence-electron chi connectivity index (χ0n) is 9.86. The van der Waals surface area contributed by atoms with E-state index in [-0.39, 0.29) is 5.78 Å². The van der Waals surface area contributed by atoms with Crippen LogP contribution in [0, 0.1) is 0 Å². The summed E-state index contributed by atoms with van der Waals surface area (Å²) in [6.07, 6.45) is 1.04. The van der Waals surface area contributed by atoms with Crippen molar-refractivity contribution in [3.63, 3.8) is 0 Å². The maximum Gasteiger partial charge on any atom is 0.159 e. The van der Waals surface area contributed by atoms with E-state index in [9.17, 15) is 4.79 Å². The largest absolute Gasteiger partial charge is 0.382 e. The molecule has 0 aliphatic carbocycles. The lowest BCUT2D eigenvalue weighted by molar-refractivity contribution is 0.101. The van der Waals surface area contributed by atoms with Crippen LogP contribution in [0.3, 0.4) is 0 Å². The van der Waals surface area contributed by atoms with Crippen LogP contribution < -0.4 is 0 Å². The number of ether oxygens (including phenoxy) is 1. The summed E-state index contributed by atoms with van der Waals surface area (Å²) < 4.78 is 5.27. The summed E-state index contributed by atoms with van der Waals surface area (Å²) in [5.41, 5.74) is 0.787. The van der Waals surface area contributed by atoms with Crippen LogP contribution in [0.2, 0.25) is 0 Å². The first-order chi connectivity index (χ1) is 7.74. The van der Waals surface area contributed by atoms with Crippen LogP contribution in [-0.4, -0.2) is 24.7 Å². The molecule has 0 aliphatic heterocycles. The predicted molar refractivity (Wildman–Crippen MR) is 68.3 cm³/mol. The van der Waals surface area contributed by atoms with E-state index in [2.05, 4.69) is 0 Å². The fourth-order valence-electron chi connectivity index (χ4n) is 1.30. The lowest BCUT2D eigenvalue weighted by Gasteiger charge is -2.03. The zero-order chi connectivity index (χ0) is 11.8. The van der Waals surface area contributed by atoms with Crippen LogP contribution in [0.4, 0.5) is 0 Å². The fourth-order valence-corrected chi connectivity index (χ4v) is 2.18. The van der Waals surface area contributed by atoms with E-state index in [0.717, 1.165) is 35.8 Å². The molecule has 16 heavy (non-hydrogen) atoms. The molecule has 0 bridgehead atoms. The lowest BCUT2D eigenvalue weighted by Crippen LogP contribution is -1.95. The number of Topliss-reactive ketones (excluding diaryl/α,β-unsaturated/α-hetero) is 1. The average molecular weight is 238 g/mol. The number of benzene rings is 1. The van der Waals surface area contributed by atoms with Crippen molar-refractivity contribution >= 4 is 17.5 Å². The van der Waals surface area contributed by atoms with Gasteiger partial charge in [-0.2, -0.15) is 0 Å². The Morgan fingerprint density at radius 2 is 2.25 bits per heavy atom. The van der Waals surface area contributed by atoms with Crippen molar-refractivity contribution in [3.8, 4) is 0 Å². The van der Waals surface area contributed by atoms with Crippen LogP contribution in [-0.2, 0) is 4.74 Å². The van der Waals surface area contributed by atoms with Gasteiger partial charge < -0.3 is 4.74 Å². The third-order valence-electron chi connectivity index (χ3n) is 2.15. The van der Waals surface area contributed by atoms with Crippen LogP contribution in [0.5, 0.6) is 0 Å². The van der Waals surface area contributed by atoms with Gasteiger partial charge in [0.25, 0.3) is 0 Å². The maximum absolute atomic E-state index is 11.2. The lowest BCUT2D eigenvalue weighted by atomic mass is 10.2. The van der Waals surface area contributed by atoms with Gasteiger partial charge in [-0.05, 0) is 32.4 Å². The van der Waals surface area contributed by atoms with E-state index < -0.39 is 0 Å². The second-order valence-electron chi connectivity index (χ2n) is 3.48. The molecule has 88 valence electrons. The number of thioether (sulfide) groups is 1. The first-order valence-corrected chi connectivity index (χ1v) is 6.54. The van der Waals surface area contributed by atoms with Gasteiger partial charge in [0.1, 0.15) is 0 Å². The number of carbonyl (C=O) groups excluding carboxylic acids is 1. The zero-order valence-corrected chi connectivity index (χ0v) is 10.7. The fraction of sp³-hybridized carbons (Fsp3) is 0.462. The highest BCUT2D eigenvalue weighted by atomic mass is 32.2. The van der Waals surface area contributed by atoms with Gasteiger partial charge in [-0.1, -0.05) is 12.1 Å². The van der Waals surface area contributed by atoms with Gasteiger partial charge in [-0.25, -0.2) is 0 Å². The molecule has 1 aromatic rings. The molecule has 0 fully saturated rings. The second-order valence-corrected chi connectivity index (χ2v) is 4.65. The number of hydrogen-bond donors (Lipinski definition) is 0. The Bertz CT molecular complexity index is 336. The Labute approximate surface area is 101 Å². The van der Waals surface area contributed by atoms with Crippen LogP contribution in [0.1, 0.15) is 30.6 Å². The quantitative estimate of drug-likeness (QED) is 0.414. The van der Waals surface area contributed by atoms with Crippen molar-refractivity contribution in [2.45, 2.75) is 25.2 Å². The van der Waals surface area contributed by atoms with Crippen molar-refractivity contribution in [2.24, 2.45) is 0 Å². The third-order valence-corrected chi connectivity index (χ3v) is 3.23. The van der Waals surface area contributed by atoms with E-state index in [4.69, 9.17) is 4.74 Å². The van der Waals surface area contributed by atoms with Gasteiger partial charge in [0.15, 0.2) is 5.78 Å². The second kappa shape index (κ2) is 7.47. The molecule has 0 unspecified atom stereocenters. The summed E-state index contributed by atoms with van der Waals surface area (Å²) in [5.74, 6) is 1.15. The number of rotatable bonds is 7. The molecule has 0 heterocycles. The number of hydrogen-bond acceptors (Lipinski definition) is 3. The third kappa shape index (κ3) is 4.81. The average Bonchev–Trinajstić information content (AvgIpc) is 2.29. The SMILES string of the molecule is CCOCCCSc1cccc(C(C)=O)c1. The Kier molecular flexibility index (Phi) is 6.19. The minimum atomic E-state index is 0.122. The van der Waals surface area contributed by atoms with Gasteiger partial charge in [0, 0.05) is 29.4 Å². The minimum absolute atomic E-state index is 0.122. The highest BCUT2D eigenvalue weighted by molar-refractivity contribution is 7.99. The summed E-state index contributed by atoms with van der Waals surface area (Å²) in [7, 11) is 0. The smallest absolute Gasteiger partial charge is 0.159 e. The summed E-state index contributed by atoms with van der Waals surface area (Å²) in [6.45, 7) is 5.20. The molecule has 2 nitrogen and oxygen atoms in total. The summed E-state index contributed by atoms with van der Waals surface area (Å²) in [4.78, 5) is 12.3. The monoisotopic (exact) mass is 238 g/mol. The van der Waals surface area contributed by atoms with Gasteiger partial charge in [-0.15, -0.1) is 11.8 Å². The Balaban J connectivity index is 2.36. The van der Waals surface area contributed by atoms with Crippen molar-refractivity contribution in [1.29, 1.82) is 0 Å². The molecule has 1 aromatic carbocycles. The van der Waals surface area contributed by atoms with Gasteiger partial charge in [-0.3, -0.25) is 4.79 Å². The predicted octanol–water partition coefficient (Wildman–Crippen LogP) is 3.41. The molecule has 0 N–H and O–H groups in total. The highest BCUT2D eigenvalue weighted by Gasteiger charge is 2.00. The van der Waals surface area contributed by atoms with Crippen LogP contribution in [0.15, 0.2) is 29.2 Å². The minimum Gasteiger partial charge on any atom is -0.382 e. The molecule has 0 aromatic heterocycles. The molecule has 0 spiro atoms. The normalized spacial score (nSPS) is 10.4. The standard InChI is InChI=1S/C13H18O2S/c1-3-15-8-5-9-16-13-7-4-6-12(10-13)11(2)14/h4,6-7,10H,3,5,8-9H2,1-2H3. The molecule has 0 radical (unpaired) electrons. The van der Waals surface area contributed by atoms with E-state index in [0.29, 0.717) is 0 Å². The molecule has 1 rings (SSSR count). The van der Waals surface area contributed by atoms with Gasteiger partial charge >= 0.3 is 0 Å². The molecular formula is C13H18O2S. The van der Waals surface area contributed by atoms with Crippen molar-refractivity contribution in [2.75, 3.05) is 19.0 Å². The van der Waals surface area contributed by atoms with E-state index in [1.807, 2.05) is 31.2 Å². The summed E-state index contributed by atoms with van der Waals surface area (Å²) >= 11 is 1.77. The Hall–Kier alpha value is -0.800. The molecule has 3 heteroatoms. The van der Waals surface area contributed by atoms with Crippen LogP contribution in [0.25, 0.3) is 0 Å². The van der Waals surface area contributed by atoms with Crippen molar-refractivity contribution in [1.82, 2.24) is 0 Å². The molecule has 0 aliphatic rings. The van der Waals surface area contributed by atoms with Gasteiger partial charge in [0.2, 0.25) is 0 Å². The number of carbonyl (C=O) groups is 1. The van der Waals surface area contributed by atoms with E-state index in [1.165, 1.54) is 0 Å². The van der Waals surface area contributed by atoms with Gasteiger partial charge in [0.05, 0.1) is 0 Å².